The maximum Gasteiger partial charge on any atom is 0.227 e. The Morgan fingerprint density at radius 1 is 1.30 bits per heavy atom. The number of amides is 1. The standard InChI is InChI=1S/C15H24N2O3/c1-19-10-9-17(8-4-7-16)15(18)12-13-5-3-6-14(11-13)20-2/h3,5-6,11H,4,7-10,12,16H2,1-2H3. The molecule has 0 spiro atoms. The van der Waals surface area contributed by atoms with Crippen molar-refractivity contribution in [1.29, 1.82) is 0 Å². The molecule has 0 radical (unpaired) electrons. The monoisotopic (exact) mass is 280 g/mol. The molecule has 0 atom stereocenters. The Balaban J connectivity index is 2.63. The summed E-state index contributed by atoms with van der Waals surface area (Å²) in [7, 11) is 3.25. The van der Waals surface area contributed by atoms with Crippen LogP contribution in [0.25, 0.3) is 0 Å². The second kappa shape index (κ2) is 9.34. The molecule has 0 saturated carbocycles. The van der Waals surface area contributed by atoms with Crippen LogP contribution in [0.4, 0.5) is 0 Å². The number of carbonyl (C=O) groups is 1. The van der Waals surface area contributed by atoms with Crippen molar-refractivity contribution in [3.63, 3.8) is 0 Å². The topological polar surface area (TPSA) is 64.8 Å². The Morgan fingerprint density at radius 3 is 2.75 bits per heavy atom. The largest absolute Gasteiger partial charge is 0.497 e. The van der Waals surface area contributed by atoms with Gasteiger partial charge in [0, 0.05) is 20.2 Å². The van der Waals surface area contributed by atoms with Gasteiger partial charge in [-0.2, -0.15) is 0 Å². The first-order valence-electron chi connectivity index (χ1n) is 6.81. The zero-order valence-electron chi connectivity index (χ0n) is 12.3. The van der Waals surface area contributed by atoms with Gasteiger partial charge in [0.05, 0.1) is 20.1 Å². The van der Waals surface area contributed by atoms with Gasteiger partial charge in [-0.3, -0.25) is 4.79 Å². The quantitative estimate of drug-likeness (QED) is 0.734. The average molecular weight is 280 g/mol. The van der Waals surface area contributed by atoms with Crippen LogP contribution < -0.4 is 10.5 Å². The third kappa shape index (κ3) is 5.59. The summed E-state index contributed by atoms with van der Waals surface area (Å²) in [6.45, 7) is 2.38. The van der Waals surface area contributed by atoms with Crippen LogP contribution in [0.15, 0.2) is 24.3 Å². The molecule has 0 aliphatic heterocycles. The van der Waals surface area contributed by atoms with E-state index in [9.17, 15) is 4.79 Å². The molecule has 0 heterocycles. The van der Waals surface area contributed by atoms with Crippen LogP contribution in [0.3, 0.4) is 0 Å². The fourth-order valence-electron chi connectivity index (χ4n) is 1.91. The van der Waals surface area contributed by atoms with Crippen molar-refractivity contribution in [3.05, 3.63) is 29.8 Å². The number of benzene rings is 1. The summed E-state index contributed by atoms with van der Waals surface area (Å²) in [6.07, 6.45) is 1.17. The first-order valence-corrected chi connectivity index (χ1v) is 6.81. The van der Waals surface area contributed by atoms with Crippen LogP contribution in [0, 0.1) is 0 Å². The molecular formula is C15H24N2O3. The first-order chi connectivity index (χ1) is 9.71. The van der Waals surface area contributed by atoms with Crippen LogP contribution in [-0.4, -0.2) is 51.3 Å². The van der Waals surface area contributed by atoms with Crippen LogP contribution in [0.5, 0.6) is 5.75 Å². The number of ether oxygens (including phenoxy) is 2. The SMILES string of the molecule is COCCN(CCCN)C(=O)Cc1cccc(OC)c1. The van der Waals surface area contributed by atoms with Crippen LogP contribution in [-0.2, 0) is 16.0 Å². The summed E-state index contributed by atoms with van der Waals surface area (Å²) >= 11 is 0. The van der Waals surface area contributed by atoms with Crippen molar-refractivity contribution in [2.24, 2.45) is 5.73 Å². The number of rotatable bonds is 9. The molecule has 5 heteroatoms. The van der Waals surface area contributed by atoms with Gasteiger partial charge in [0.15, 0.2) is 0 Å². The lowest BCUT2D eigenvalue weighted by molar-refractivity contribution is -0.131. The lowest BCUT2D eigenvalue weighted by Gasteiger charge is -2.22. The highest BCUT2D eigenvalue weighted by Gasteiger charge is 2.13. The second-order valence-electron chi connectivity index (χ2n) is 4.54. The number of carbonyl (C=O) groups excluding carboxylic acids is 1. The summed E-state index contributed by atoms with van der Waals surface area (Å²) in [4.78, 5) is 14.1. The Labute approximate surface area is 120 Å². The molecule has 1 amide bonds. The number of hydrogen-bond acceptors (Lipinski definition) is 4. The molecule has 5 nitrogen and oxygen atoms in total. The highest BCUT2D eigenvalue weighted by Crippen LogP contribution is 2.13. The predicted molar refractivity (Wildman–Crippen MR) is 78.8 cm³/mol. The van der Waals surface area contributed by atoms with Gasteiger partial charge in [-0.1, -0.05) is 12.1 Å². The average Bonchev–Trinajstić information content (AvgIpc) is 2.47. The number of methoxy groups -OCH3 is 2. The van der Waals surface area contributed by atoms with E-state index in [1.54, 1.807) is 19.1 Å². The molecule has 0 aliphatic carbocycles. The van der Waals surface area contributed by atoms with E-state index in [2.05, 4.69) is 0 Å². The number of nitrogens with two attached hydrogens (primary N) is 1. The molecule has 0 fully saturated rings. The van der Waals surface area contributed by atoms with Gasteiger partial charge >= 0.3 is 0 Å². The Morgan fingerprint density at radius 2 is 2.10 bits per heavy atom. The van der Waals surface area contributed by atoms with Gasteiger partial charge in [-0.15, -0.1) is 0 Å². The maximum atomic E-state index is 12.3. The minimum Gasteiger partial charge on any atom is -0.497 e. The lowest BCUT2D eigenvalue weighted by atomic mass is 10.1. The van der Waals surface area contributed by atoms with E-state index >= 15 is 0 Å². The summed E-state index contributed by atoms with van der Waals surface area (Å²) in [5.74, 6) is 0.851. The third-order valence-electron chi connectivity index (χ3n) is 3.04. The van der Waals surface area contributed by atoms with Crippen molar-refractivity contribution in [3.8, 4) is 5.75 Å². The summed E-state index contributed by atoms with van der Waals surface area (Å²) in [6, 6.07) is 7.57. The normalized spacial score (nSPS) is 10.3. The molecule has 0 aliphatic rings. The van der Waals surface area contributed by atoms with Crippen molar-refractivity contribution in [2.75, 3.05) is 40.5 Å². The predicted octanol–water partition coefficient (Wildman–Crippen LogP) is 1.06. The highest BCUT2D eigenvalue weighted by atomic mass is 16.5. The maximum absolute atomic E-state index is 12.3. The zero-order chi connectivity index (χ0) is 14.8. The minimum atomic E-state index is 0.0868. The zero-order valence-corrected chi connectivity index (χ0v) is 12.3. The van der Waals surface area contributed by atoms with E-state index in [1.165, 1.54) is 0 Å². The summed E-state index contributed by atoms with van der Waals surface area (Å²) < 4.78 is 10.2. The van der Waals surface area contributed by atoms with E-state index in [0.29, 0.717) is 32.7 Å². The van der Waals surface area contributed by atoms with E-state index in [0.717, 1.165) is 17.7 Å². The van der Waals surface area contributed by atoms with Gasteiger partial charge in [0.2, 0.25) is 5.91 Å². The summed E-state index contributed by atoms with van der Waals surface area (Å²) in [5.41, 5.74) is 6.46. The molecule has 0 saturated heterocycles. The van der Waals surface area contributed by atoms with Crippen molar-refractivity contribution < 1.29 is 14.3 Å². The smallest absolute Gasteiger partial charge is 0.227 e. The van der Waals surface area contributed by atoms with Crippen molar-refractivity contribution in [2.45, 2.75) is 12.8 Å². The Kier molecular flexibility index (Phi) is 7.69. The van der Waals surface area contributed by atoms with E-state index in [4.69, 9.17) is 15.2 Å². The van der Waals surface area contributed by atoms with Crippen LogP contribution in [0.1, 0.15) is 12.0 Å². The first kappa shape index (κ1) is 16.5. The molecule has 20 heavy (non-hydrogen) atoms. The van der Waals surface area contributed by atoms with Gasteiger partial charge in [-0.25, -0.2) is 0 Å². The van der Waals surface area contributed by atoms with Crippen molar-refractivity contribution >= 4 is 5.91 Å². The third-order valence-corrected chi connectivity index (χ3v) is 3.04. The molecule has 0 unspecified atom stereocenters. The fraction of sp³-hybridized carbons (Fsp3) is 0.533. The molecular weight excluding hydrogens is 256 g/mol. The van der Waals surface area contributed by atoms with E-state index < -0.39 is 0 Å². The molecule has 2 N–H and O–H groups in total. The second-order valence-corrected chi connectivity index (χ2v) is 4.54. The molecule has 1 rings (SSSR count). The fourth-order valence-corrected chi connectivity index (χ4v) is 1.91. The van der Waals surface area contributed by atoms with Crippen LogP contribution in [0.2, 0.25) is 0 Å². The molecule has 0 bridgehead atoms. The number of hydrogen-bond donors (Lipinski definition) is 1. The number of nitrogens with zero attached hydrogens (tertiary/aromatic N) is 1. The van der Waals surface area contributed by atoms with Gasteiger partial charge in [0.25, 0.3) is 0 Å². The van der Waals surface area contributed by atoms with E-state index in [-0.39, 0.29) is 5.91 Å². The van der Waals surface area contributed by atoms with Gasteiger partial charge in [-0.05, 0) is 30.7 Å². The molecule has 1 aromatic carbocycles. The summed E-state index contributed by atoms with van der Waals surface area (Å²) in [5, 5.41) is 0. The van der Waals surface area contributed by atoms with Crippen molar-refractivity contribution in [1.82, 2.24) is 4.90 Å². The van der Waals surface area contributed by atoms with Gasteiger partial charge in [0.1, 0.15) is 5.75 Å². The van der Waals surface area contributed by atoms with Crippen LogP contribution >= 0.6 is 0 Å². The minimum absolute atomic E-state index is 0.0868. The van der Waals surface area contributed by atoms with Gasteiger partial charge < -0.3 is 20.1 Å². The Hall–Kier alpha value is -1.59. The lowest BCUT2D eigenvalue weighted by Crippen LogP contribution is -2.36. The Bertz CT molecular complexity index is 402. The highest BCUT2D eigenvalue weighted by molar-refractivity contribution is 5.78. The molecule has 112 valence electrons. The molecule has 0 aromatic heterocycles. The van der Waals surface area contributed by atoms with E-state index in [1.807, 2.05) is 24.3 Å². The molecule has 1 aromatic rings.